The van der Waals surface area contributed by atoms with E-state index in [9.17, 15) is 12.8 Å². The Hall–Kier alpha value is -1.01. The number of nitrogens with one attached hydrogen (secondary N) is 1. The quantitative estimate of drug-likeness (QED) is 0.646. The molecule has 88 valence electrons. The van der Waals surface area contributed by atoms with Crippen LogP contribution in [0.25, 0.3) is 0 Å². The molecule has 4 nitrogen and oxygen atoms in total. The first-order valence-electron chi connectivity index (χ1n) is 4.68. The topological polar surface area (TPSA) is 72.2 Å². The molecule has 7 heteroatoms. The minimum absolute atomic E-state index is 0.174. The van der Waals surface area contributed by atoms with Crippen LogP contribution in [0.2, 0.25) is 0 Å². The lowest BCUT2D eigenvalue weighted by Crippen LogP contribution is -2.06. The summed E-state index contributed by atoms with van der Waals surface area (Å²) in [6, 6.07) is 2.39. The molecule has 0 saturated heterocycles. The highest BCUT2D eigenvalue weighted by Crippen LogP contribution is 2.32. The third kappa shape index (κ3) is 2.38. The molecular weight excluding hydrogens is 255 g/mol. The largest absolute Gasteiger partial charge is 0.397 e. The molecule has 1 aliphatic rings. The summed E-state index contributed by atoms with van der Waals surface area (Å²) in [6.07, 6.45) is 2.02. The van der Waals surface area contributed by atoms with E-state index in [2.05, 4.69) is 5.32 Å². The molecule has 0 aliphatic heterocycles. The molecule has 0 unspecified atom stereocenters. The molecule has 0 atom stereocenters. The highest BCUT2D eigenvalue weighted by atomic mass is 35.7. The van der Waals surface area contributed by atoms with Gasteiger partial charge in [-0.2, -0.15) is 0 Å². The number of rotatable bonds is 3. The molecule has 1 fully saturated rings. The molecule has 0 aromatic heterocycles. The third-order valence-electron chi connectivity index (χ3n) is 2.30. The van der Waals surface area contributed by atoms with E-state index in [0.29, 0.717) is 11.7 Å². The predicted molar refractivity (Wildman–Crippen MR) is 60.5 cm³/mol. The van der Waals surface area contributed by atoms with Gasteiger partial charge in [-0.15, -0.1) is 0 Å². The number of hydrogen-bond acceptors (Lipinski definition) is 4. The van der Waals surface area contributed by atoms with E-state index in [1.54, 1.807) is 0 Å². The molecule has 0 spiro atoms. The summed E-state index contributed by atoms with van der Waals surface area (Å²) in [5.74, 6) is -0.896. The highest BCUT2D eigenvalue weighted by molar-refractivity contribution is 8.13. The predicted octanol–water partition coefficient (Wildman–Crippen LogP) is 1.91. The van der Waals surface area contributed by atoms with E-state index in [0.717, 1.165) is 25.0 Å². The van der Waals surface area contributed by atoms with Gasteiger partial charge in [0.2, 0.25) is 0 Å². The molecule has 1 aromatic rings. The molecule has 0 bridgehead atoms. The second-order valence-electron chi connectivity index (χ2n) is 3.73. The standard InChI is InChI=1S/C9H10ClFN2O2S/c10-16(14,15)9-4-7(12)8(3-6(9)11)13-5-1-2-5/h3-5,13H,1-2,12H2. The van der Waals surface area contributed by atoms with Crippen molar-refractivity contribution in [3.63, 3.8) is 0 Å². The summed E-state index contributed by atoms with van der Waals surface area (Å²) in [5, 5.41) is 3.00. The van der Waals surface area contributed by atoms with Gasteiger partial charge in [-0.05, 0) is 18.9 Å². The molecule has 1 aromatic carbocycles. The fraction of sp³-hybridized carbons (Fsp3) is 0.333. The Labute approximate surface area is 97.0 Å². The molecule has 16 heavy (non-hydrogen) atoms. The minimum Gasteiger partial charge on any atom is -0.397 e. The van der Waals surface area contributed by atoms with Gasteiger partial charge in [0.1, 0.15) is 10.7 Å². The van der Waals surface area contributed by atoms with Crippen molar-refractivity contribution >= 4 is 31.1 Å². The molecule has 2 rings (SSSR count). The molecule has 3 N–H and O–H groups in total. The van der Waals surface area contributed by atoms with Gasteiger partial charge in [0.05, 0.1) is 11.4 Å². The van der Waals surface area contributed by atoms with Gasteiger partial charge in [0.15, 0.2) is 0 Å². The SMILES string of the molecule is Nc1cc(S(=O)(=O)Cl)c(F)cc1NC1CC1. The third-order valence-corrected chi connectivity index (χ3v) is 3.64. The fourth-order valence-electron chi connectivity index (χ4n) is 1.33. The van der Waals surface area contributed by atoms with Gasteiger partial charge in [-0.1, -0.05) is 0 Å². The lowest BCUT2D eigenvalue weighted by atomic mass is 10.2. The van der Waals surface area contributed by atoms with Crippen LogP contribution >= 0.6 is 10.7 Å². The highest BCUT2D eigenvalue weighted by Gasteiger charge is 2.24. The van der Waals surface area contributed by atoms with Gasteiger partial charge in [0, 0.05) is 22.8 Å². The van der Waals surface area contributed by atoms with Gasteiger partial charge in [0.25, 0.3) is 9.05 Å². The Kier molecular flexibility index (Phi) is 2.71. The number of nitrogen functional groups attached to an aromatic ring is 1. The van der Waals surface area contributed by atoms with E-state index in [1.165, 1.54) is 0 Å². The maximum atomic E-state index is 13.4. The zero-order valence-electron chi connectivity index (χ0n) is 8.20. The van der Waals surface area contributed by atoms with Gasteiger partial charge in [-0.3, -0.25) is 0 Å². The summed E-state index contributed by atoms with van der Waals surface area (Å²) >= 11 is 0. The van der Waals surface area contributed by atoms with Crippen LogP contribution in [-0.4, -0.2) is 14.5 Å². The molecule has 0 heterocycles. The molecule has 1 saturated carbocycles. The zero-order valence-corrected chi connectivity index (χ0v) is 9.78. The summed E-state index contributed by atoms with van der Waals surface area (Å²) in [6.45, 7) is 0. The maximum absolute atomic E-state index is 13.4. The van der Waals surface area contributed by atoms with Gasteiger partial charge in [-0.25, -0.2) is 12.8 Å². The number of benzene rings is 1. The van der Waals surface area contributed by atoms with Gasteiger partial charge < -0.3 is 11.1 Å². The van der Waals surface area contributed by atoms with Crippen LogP contribution in [-0.2, 0) is 9.05 Å². The monoisotopic (exact) mass is 264 g/mol. The van der Waals surface area contributed by atoms with E-state index < -0.39 is 19.8 Å². The Morgan fingerprint density at radius 2 is 2.06 bits per heavy atom. The summed E-state index contributed by atoms with van der Waals surface area (Å²) in [7, 11) is 0.966. The van der Waals surface area contributed by atoms with Crippen LogP contribution in [0.4, 0.5) is 15.8 Å². The van der Waals surface area contributed by atoms with Crippen molar-refractivity contribution in [3.8, 4) is 0 Å². The Morgan fingerprint density at radius 3 is 2.56 bits per heavy atom. The second-order valence-corrected chi connectivity index (χ2v) is 6.26. The lowest BCUT2D eigenvalue weighted by Gasteiger charge is -2.09. The average Bonchev–Trinajstić information content (AvgIpc) is 2.92. The number of halogens is 2. The van der Waals surface area contributed by atoms with Crippen molar-refractivity contribution in [2.24, 2.45) is 0 Å². The maximum Gasteiger partial charge on any atom is 0.264 e. The second kappa shape index (κ2) is 3.78. The number of hydrogen-bond donors (Lipinski definition) is 2. The van der Waals surface area contributed by atoms with Crippen LogP contribution in [0.5, 0.6) is 0 Å². The molecule has 0 radical (unpaired) electrons. The summed E-state index contributed by atoms with van der Waals surface area (Å²) < 4.78 is 35.4. The van der Waals surface area contributed by atoms with E-state index in [-0.39, 0.29) is 5.69 Å². The van der Waals surface area contributed by atoms with Gasteiger partial charge >= 0.3 is 0 Å². The number of nitrogens with two attached hydrogens (primary N) is 1. The zero-order chi connectivity index (χ0) is 11.9. The Bertz CT molecular complexity index is 529. The first-order valence-corrected chi connectivity index (χ1v) is 6.99. The van der Waals surface area contributed by atoms with Crippen LogP contribution in [0, 0.1) is 5.82 Å². The normalized spacial score (nSPS) is 16.1. The van der Waals surface area contributed by atoms with Crippen molar-refractivity contribution in [2.75, 3.05) is 11.1 Å². The van der Waals surface area contributed by atoms with E-state index in [4.69, 9.17) is 16.4 Å². The average molecular weight is 265 g/mol. The van der Waals surface area contributed by atoms with Crippen molar-refractivity contribution in [1.82, 2.24) is 0 Å². The van der Waals surface area contributed by atoms with E-state index >= 15 is 0 Å². The van der Waals surface area contributed by atoms with Crippen molar-refractivity contribution in [3.05, 3.63) is 17.9 Å². The Morgan fingerprint density at radius 1 is 1.44 bits per heavy atom. The molecule has 1 aliphatic carbocycles. The van der Waals surface area contributed by atoms with Crippen molar-refractivity contribution < 1.29 is 12.8 Å². The van der Waals surface area contributed by atoms with Crippen LogP contribution in [0.3, 0.4) is 0 Å². The van der Waals surface area contributed by atoms with Crippen LogP contribution in [0.15, 0.2) is 17.0 Å². The lowest BCUT2D eigenvalue weighted by molar-refractivity contribution is 0.576. The smallest absolute Gasteiger partial charge is 0.264 e. The van der Waals surface area contributed by atoms with Crippen molar-refractivity contribution in [2.45, 2.75) is 23.8 Å². The fourth-order valence-corrected chi connectivity index (χ4v) is 2.24. The van der Waals surface area contributed by atoms with E-state index in [1.807, 2.05) is 0 Å². The number of anilines is 2. The molecular formula is C9H10ClFN2O2S. The first kappa shape index (κ1) is 11.5. The van der Waals surface area contributed by atoms with Crippen LogP contribution < -0.4 is 11.1 Å². The van der Waals surface area contributed by atoms with Crippen LogP contribution in [0.1, 0.15) is 12.8 Å². The summed E-state index contributed by atoms with van der Waals surface area (Å²) in [5.41, 5.74) is 6.19. The minimum atomic E-state index is -4.10. The Balaban J connectivity index is 2.41. The first-order chi connectivity index (χ1) is 7.38. The summed E-state index contributed by atoms with van der Waals surface area (Å²) in [4.78, 5) is -0.590. The molecule has 0 amide bonds. The van der Waals surface area contributed by atoms with Crippen molar-refractivity contribution in [1.29, 1.82) is 0 Å².